The van der Waals surface area contributed by atoms with Gasteiger partial charge in [0.05, 0.1) is 18.3 Å². The van der Waals surface area contributed by atoms with Gasteiger partial charge in [0, 0.05) is 25.7 Å². The molecule has 176 valence electrons. The van der Waals surface area contributed by atoms with E-state index in [9.17, 15) is 9.59 Å². The molecule has 0 aliphatic heterocycles. The van der Waals surface area contributed by atoms with Crippen LogP contribution in [0.1, 0.15) is 65.6 Å². The number of esters is 1. The molecule has 0 bridgehead atoms. The number of benzene rings is 1. The normalized spacial score (nSPS) is 11.8. The van der Waals surface area contributed by atoms with Gasteiger partial charge in [-0.25, -0.2) is 9.78 Å². The van der Waals surface area contributed by atoms with E-state index in [0.717, 1.165) is 22.7 Å². The number of amides is 1. The van der Waals surface area contributed by atoms with Gasteiger partial charge in [0.15, 0.2) is 5.96 Å². The number of nitrogens with zero attached hydrogens (tertiary/aromatic N) is 2. The van der Waals surface area contributed by atoms with Crippen LogP contribution in [0, 0.1) is 6.92 Å². The van der Waals surface area contributed by atoms with Crippen LogP contribution in [-0.2, 0) is 16.1 Å². The van der Waals surface area contributed by atoms with Crippen LogP contribution in [0.5, 0.6) is 0 Å². The molecule has 1 aromatic carbocycles. The maximum Gasteiger partial charge on any atom is 0.350 e. The molecule has 8 nitrogen and oxygen atoms in total. The summed E-state index contributed by atoms with van der Waals surface area (Å²) in [6.45, 7) is 8.39. The summed E-state index contributed by atoms with van der Waals surface area (Å²) >= 11 is 1.32. The Hall–Kier alpha value is -2.21. The first-order chi connectivity index (χ1) is 14.9. The fourth-order valence-electron chi connectivity index (χ4n) is 2.85. The first-order valence-corrected chi connectivity index (χ1v) is 11.2. The molecule has 1 aromatic heterocycles. The number of carbonyl (C=O) groups excluding carboxylic acids is 2. The summed E-state index contributed by atoms with van der Waals surface area (Å²) in [5, 5.41) is 10.2. The number of anilines is 1. The lowest BCUT2D eigenvalue weighted by molar-refractivity contribution is -0.116. The molecule has 0 saturated heterocycles. The summed E-state index contributed by atoms with van der Waals surface area (Å²) in [6.07, 6.45) is 1.32. The Morgan fingerprint density at radius 3 is 2.69 bits per heavy atom. The summed E-state index contributed by atoms with van der Waals surface area (Å²) in [5.41, 5.74) is 2.45. The summed E-state index contributed by atoms with van der Waals surface area (Å²) < 4.78 is 5.09. The van der Waals surface area contributed by atoms with Crippen LogP contribution in [-0.4, -0.2) is 36.5 Å². The minimum absolute atomic E-state index is 0. The van der Waals surface area contributed by atoms with Gasteiger partial charge in [-0.3, -0.25) is 9.79 Å². The number of aromatic nitrogens is 1. The van der Waals surface area contributed by atoms with Gasteiger partial charge in [-0.05, 0) is 44.9 Å². The minimum atomic E-state index is -0.343. The number of halogens is 1. The molecule has 0 spiro atoms. The third kappa shape index (κ3) is 8.38. The van der Waals surface area contributed by atoms with Gasteiger partial charge in [-0.2, -0.15) is 0 Å². The average Bonchev–Trinajstić information content (AvgIpc) is 3.13. The Bertz CT molecular complexity index is 932. The van der Waals surface area contributed by atoms with Crippen molar-refractivity contribution in [3.63, 3.8) is 0 Å². The van der Waals surface area contributed by atoms with Gasteiger partial charge >= 0.3 is 5.97 Å². The second-order valence-corrected chi connectivity index (χ2v) is 8.01. The molecule has 1 atom stereocenters. The molecule has 32 heavy (non-hydrogen) atoms. The van der Waals surface area contributed by atoms with Crippen LogP contribution in [0.4, 0.5) is 5.69 Å². The Labute approximate surface area is 210 Å². The number of aryl methyl sites for hydroxylation is 1. The van der Waals surface area contributed by atoms with Gasteiger partial charge in [0.1, 0.15) is 9.88 Å². The number of nitrogens with one attached hydrogen (secondary N) is 3. The van der Waals surface area contributed by atoms with Crippen molar-refractivity contribution < 1.29 is 14.3 Å². The summed E-state index contributed by atoms with van der Waals surface area (Å²) in [6, 6.07) is 7.56. The van der Waals surface area contributed by atoms with Crippen molar-refractivity contribution in [2.45, 2.75) is 53.1 Å². The van der Waals surface area contributed by atoms with Crippen LogP contribution in [0.15, 0.2) is 29.3 Å². The summed E-state index contributed by atoms with van der Waals surface area (Å²) in [7, 11) is 1.70. The lowest BCUT2D eigenvalue weighted by Crippen LogP contribution is -2.38. The summed E-state index contributed by atoms with van der Waals surface area (Å²) in [4.78, 5) is 33.1. The highest BCUT2D eigenvalue weighted by Gasteiger charge is 2.20. The zero-order chi connectivity index (χ0) is 22.8. The topological polar surface area (TPSA) is 105 Å². The Morgan fingerprint density at radius 1 is 1.28 bits per heavy atom. The van der Waals surface area contributed by atoms with E-state index in [1.807, 2.05) is 38.1 Å². The number of hydrogen-bond acceptors (Lipinski definition) is 6. The zero-order valence-corrected chi connectivity index (χ0v) is 22.3. The molecular weight excluding hydrogens is 541 g/mol. The molecule has 0 saturated carbocycles. The lowest BCUT2D eigenvalue weighted by atomic mass is 10.2. The second-order valence-electron chi connectivity index (χ2n) is 6.98. The van der Waals surface area contributed by atoms with Gasteiger partial charge in [-0.1, -0.05) is 19.1 Å². The third-order valence-corrected chi connectivity index (χ3v) is 5.69. The van der Waals surface area contributed by atoms with E-state index in [-0.39, 0.29) is 41.9 Å². The molecule has 1 heterocycles. The fourth-order valence-corrected chi connectivity index (χ4v) is 3.81. The number of guanidine groups is 1. The van der Waals surface area contributed by atoms with E-state index in [1.165, 1.54) is 11.3 Å². The first-order valence-electron chi connectivity index (χ1n) is 10.4. The van der Waals surface area contributed by atoms with Gasteiger partial charge in [0.25, 0.3) is 0 Å². The van der Waals surface area contributed by atoms with Gasteiger partial charge < -0.3 is 20.7 Å². The average molecular weight is 574 g/mol. The van der Waals surface area contributed by atoms with Crippen molar-refractivity contribution in [2.75, 3.05) is 19.0 Å². The van der Waals surface area contributed by atoms with Gasteiger partial charge in [0.2, 0.25) is 5.91 Å². The highest BCUT2D eigenvalue weighted by Crippen LogP contribution is 2.24. The molecule has 0 fully saturated rings. The monoisotopic (exact) mass is 573 g/mol. The van der Waals surface area contributed by atoms with E-state index >= 15 is 0 Å². The van der Waals surface area contributed by atoms with Crippen molar-refractivity contribution in [1.82, 2.24) is 15.6 Å². The minimum Gasteiger partial charge on any atom is -0.462 e. The van der Waals surface area contributed by atoms with E-state index < -0.39 is 0 Å². The Morgan fingerprint density at radius 2 is 2.03 bits per heavy atom. The van der Waals surface area contributed by atoms with E-state index in [2.05, 4.69) is 25.9 Å². The maximum atomic E-state index is 12.0. The quantitative estimate of drug-likeness (QED) is 0.178. The molecule has 1 amide bonds. The maximum absolute atomic E-state index is 12.0. The molecule has 2 aromatic rings. The van der Waals surface area contributed by atoms with E-state index in [0.29, 0.717) is 36.1 Å². The zero-order valence-electron chi connectivity index (χ0n) is 19.2. The number of ether oxygens (including phenoxy) is 1. The number of carbonyl (C=O) groups is 2. The number of rotatable bonds is 9. The lowest BCUT2D eigenvalue weighted by Gasteiger charge is -2.16. The van der Waals surface area contributed by atoms with Crippen molar-refractivity contribution in [3.8, 4) is 0 Å². The largest absolute Gasteiger partial charge is 0.462 e. The third-order valence-electron chi connectivity index (χ3n) is 4.37. The smallest absolute Gasteiger partial charge is 0.350 e. The van der Waals surface area contributed by atoms with E-state index in [1.54, 1.807) is 20.9 Å². The molecule has 0 aliphatic carbocycles. The van der Waals surface area contributed by atoms with Crippen molar-refractivity contribution >= 4 is 58.8 Å². The number of hydrogen-bond donors (Lipinski definition) is 3. The van der Waals surface area contributed by atoms with E-state index in [4.69, 9.17) is 4.74 Å². The standard InChI is InChI=1S/C22H31N5O3S.HI/c1-6-9-18(28)27-17-11-8-10-16(12-17)13-24-22(23-5)26-15(4)20-25-14(3)19(31-20)21(29)30-7-2;/h8,10-12,15H,6-7,9,13H2,1-5H3,(H,27,28)(H2,23,24,26);1H. The highest BCUT2D eigenvalue weighted by molar-refractivity contribution is 14.0. The Kier molecular flexibility index (Phi) is 12.2. The molecular formula is C22H32IN5O3S. The molecule has 10 heteroatoms. The van der Waals surface area contributed by atoms with Crippen LogP contribution in [0.25, 0.3) is 0 Å². The fraction of sp³-hybridized carbons (Fsp3) is 0.455. The van der Waals surface area contributed by atoms with Crippen molar-refractivity contribution in [3.05, 3.63) is 45.4 Å². The second kappa shape index (κ2) is 14.0. The molecule has 1 unspecified atom stereocenters. The van der Waals surface area contributed by atoms with Gasteiger partial charge in [-0.15, -0.1) is 35.3 Å². The number of thiazole rings is 1. The molecule has 3 N–H and O–H groups in total. The molecule has 0 aliphatic rings. The molecule has 0 radical (unpaired) electrons. The predicted octanol–water partition coefficient (Wildman–Crippen LogP) is 4.41. The SMILES string of the molecule is CCCC(=O)Nc1cccc(CNC(=NC)NC(C)c2nc(C)c(C(=O)OCC)s2)c1.I. The van der Waals surface area contributed by atoms with Crippen LogP contribution < -0.4 is 16.0 Å². The Balaban J connectivity index is 0.00000512. The van der Waals surface area contributed by atoms with Crippen molar-refractivity contribution in [2.24, 2.45) is 4.99 Å². The van der Waals surface area contributed by atoms with Crippen LogP contribution in [0.3, 0.4) is 0 Å². The van der Waals surface area contributed by atoms with Crippen LogP contribution in [0.2, 0.25) is 0 Å². The van der Waals surface area contributed by atoms with Crippen LogP contribution >= 0.6 is 35.3 Å². The summed E-state index contributed by atoms with van der Waals surface area (Å²) in [5.74, 6) is 0.280. The van der Waals surface area contributed by atoms with Crippen molar-refractivity contribution in [1.29, 1.82) is 0 Å². The predicted molar refractivity (Wildman–Crippen MR) is 140 cm³/mol. The molecule has 2 rings (SSSR count). The highest BCUT2D eigenvalue weighted by atomic mass is 127. The number of aliphatic imine (C=N–C) groups is 1. The first kappa shape index (κ1) is 27.8.